The summed E-state index contributed by atoms with van der Waals surface area (Å²) in [5.41, 5.74) is 1.78. The monoisotopic (exact) mass is 349 g/mol. The Hall–Kier alpha value is -2.25. The Labute approximate surface area is 146 Å². The second-order valence-corrected chi connectivity index (χ2v) is 6.22. The summed E-state index contributed by atoms with van der Waals surface area (Å²) in [5, 5.41) is 9.84. The molecule has 0 fully saturated rings. The SMILES string of the molecule is COc1ccc(NC(=O)NC[C@@H](c2ccsc2)N(C)C)c(OC)c1. The average Bonchev–Trinajstić information content (AvgIpc) is 3.09. The van der Waals surface area contributed by atoms with Crippen molar-refractivity contribution in [2.24, 2.45) is 0 Å². The number of rotatable bonds is 7. The Balaban J connectivity index is 1.98. The van der Waals surface area contributed by atoms with Crippen molar-refractivity contribution in [3.05, 3.63) is 40.6 Å². The van der Waals surface area contributed by atoms with Crippen LogP contribution in [0, 0.1) is 0 Å². The fourth-order valence-corrected chi connectivity index (χ4v) is 3.03. The highest BCUT2D eigenvalue weighted by Gasteiger charge is 2.16. The lowest BCUT2D eigenvalue weighted by Crippen LogP contribution is -2.36. The van der Waals surface area contributed by atoms with Gasteiger partial charge >= 0.3 is 6.03 Å². The second kappa shape index (κ2) is 8.56. The smallest absolute Gasteiger partial charge is 0.319 e. The minimum absolute atomic E-state index is 0.125. The van der Waals surface area contributed by atoms with Gasteiger partial charge in [-0.25, -0.2) is 4.79 Å². The number of nitrogens with one attached hydrogen (secondary N) is 2. The molecule has 0 radical (unpaired) electrons. The Morgan fingerprint density at radius 1 is 1.25 bits per heavy atom. The van der Waals surface area contributed by atoms with Crippen molar-refractivity contribution in [3.63, 3.8) is 0 Å². The number of benzene rings is 1. The summed E-state index contributed by atoms with van der Waals surface area (Å²) in [4.78, 5) is 14.3. The summed E-state index contributed by atoms with van der Waals surface area (Å²) in [6.07, 6.45) is 0. The van der Waals surface area contributed by atoms with Gasteiger partial charge in [0.25, 0.3) is 0 Å². The first-order valence-corrected chi connectivity index (χ1v) is 8.44. The molecule has 1 aromatic heterocycles. The van der Waals surface area contributed by atoms with E-state index < -0.39 is 0 Å². The van der Waals surface area contributed by atoms with Crippen molar-refractivity contribution in [2.75, 3.05) is 40.2 Å². The van der Waals surface area contributed by atoms with Gasteiger partial charge in [-0.3, -0.25) is 0 Å². The van der Waals surface area contributed by atoms with Crippen LogP contribution in [0.15, 0.2) is 35.0 Å². The number of amides is 2. The number of nitrogens with zero attached hydrogens (tertiary/aromatic N) is 1. The van der Waals surface area contributed by atoms with Crippen LogP contribution in [0.25, 0.3) is 0 Å². The van der Waals surface area contributed by atoms with Gasteiger partial charge in [0.05, 0.1) is 25.9 Å². The first-order chi connectivity index (χ1) is 11.5. The van der Waals surface area contributed by atoms with Crippen molar-refractivity contribution in [3.8, 4) is 11.5 Å². The van der Waals surface area contributed by atoms with E-state index >= 15 is 0 Å². The summed E-state index contributed by atoms with van der Waals surface area (Å²) in [6.45, 7) is 0.508. The van der Waals surface area contributed by atoms with Crippen LogP contribution >= 0.6 is 11.3 Å². The van der Waals surface area contributed by atoms with E-state index in [9.17, 15) is 4.79 Å². The number of carbonyl (C=O) groups is 1. The summed E-state index contributed by atoms with van der Waals surface area (Å²) in [7, 11) is 7.12. The number of carbonyl (C=O) groups excluding carboxylic acids is 1. The zero-order valence-corrected chi connectivity index (χ0v) is 15.1. The molecule has 2 N–H and O–H groups in total. The Morgan fingerprint density at radius 2 is 2.04 bits per heavy atom. The van der Waals surface area contributed by atoms with E-state index in [4.69, 9.17) is 9.47 Å². The van der Waals surface area contributed by atoms with Gasteiger partial charge < -0.3 is 25.0 Å². The topological polar surface area (TPSA) is 62.8 Å². The largest absolute Gasteiger partial charge is 0.497 e. The van der Waals surface area contributed by atoms with E-state index in [1.54, 1.807) is 43.8 Å². The van der Waals surface area contributed by atoms with Crippen LogP contribution in [-0.4, -0.2) is 45.8 Å². The van der Waals surface area contributed by atoms with Crippen LogP contribution in [-0.2, 0) is 0 Å². The van der Waals surface area contributed by atoms with Crippen LogP contribution in [0.5, 0.6) is 11.5 Å². The molecule has 6 nitrogen and oxygen atoms in total. The van der Waals surface area contributed by atoms with Gasteiger partial charge in [-0.05, 0) is 48.6 Å². The molecule has 0 bridgehead atoms. The zero-order chi connectivity index (χ0) is 17.5. The molecule has 130 valence electrons. The number of likely N-dealkylation sites (N-methyl/N-ethyl adjacent to an activating group) is 1. The van der Waals surface area contributed by atoms with Gasteiger partial charge in [0.15, 0.2) is 0 Å². The average molecular weight is 349 g/mol. The molecule has 0 saturated heterocycles. The molecule has 0 unspecified atom stereocenters. The van der Waals surface area contributed by atoms with Gasteiger partial charge in [-0.15, -0.1) is 0 Å². The maximum Gasteiger partial charge on any atom is 0.319 e. The van der Waals surface area contributed by atoms with Crippen LogP contribution in [0.2, 0.25) is 0 Å². The highest BCUT2D eigenvalue weighted by molar-refractivity contribution is 7.07. The molecule has 0 aliphatic heterocycles. The van der Waals surface area contributed by atoms with Crippen LogP contribution in [0.4, 0.5) is 10.5 Å². The molecule has 24 heavy (non-hydrogen) atoms. The molecule has 7 heteroatoms. The fraction of sp³-hybridized carbons (Fsp3) is 0.353. The molecule has 2 amide bonds. The number of thiophene rings is 1. The molecule has 0 spiro atoms. The number of hydrogen-bond acceptors (Lipinski definition) is 5. The lowest BCUT2D eigenvalue weighted by atomic mass is 10.1. The van der Waals surface area contributed by atoms with Crippen molar-refractivity contribution < 1.29 is 14.3 Å². The van der Waals surface area contributed by atoms with E-state index in [2.05, 4.69) is 27.0 Å². The maximum atomic E-state index is 12.2. The third-order valence-electron chi connectivity index (χ3n) is 3.66. The molecule has 0 saturated carbocycles. The predicted molar refractivity (Wildman–Crippen MR) is 97.3 cm³/mol. The number of methoxy groups -OCH3 is 2. The van der Waals surface area contributed by atoms with Gasteiger partial charge in [0.2, 0.25) is 0 Å². The number of anilines is 1. The van der Waals surface area contributed by atoms with E-state index in [0.29, 0.717) is 23.7 Å². The first-order valence-electron chi connectivity index (χ1n) is 7.50. The maximum absolute atomic E-state index is 12.2. The minimum Gasteiger partial charge on any atom is -0.497 e. The summed E-state index contributed by atoms with van der Waals surface area (Å²) < 4.78 is 10.4. The van der Waals surface area contributed by atoms with E-state index in [-0.39, 0.29) is 12.1 Å². The second-order valence-electron chi connectivity index (χ2n) is 5.44. The number of ether oxygens (including phenoxy) is 2. The Bertz CT molecular complexity index is 659. The van der Waals surface area contributed by atoms with Crippen molar-refractivity contribution >= 4 is 23.1 Å². The summed E-state index contributed by atoms with van der Waals surface area (Å²) in [5.74, 6) is 1.22. The lowest BCUT2D eigenvalue weighted by molar-refractivity contribution is 0.243. The molecule has 1 aromatic carbocycles. The summed E-state index contributed by atoms with van der Waals surface area (Å²) in [6, 6.07) is 7.16. The van der Waals surface area contributed by atoms with E-state index in [0.717, 1.165) is 0 Å². The van der Waals surface area contributed by atoms with E-state index in [1.165, 1.54) is 5.56 Å². The van der Waals surface area contributed by atoms with Crippen LogP contribution < -0.4 is 20.1 Å². The molecule has 0 aliphatic carbocycles. The zero-order valence-electron chi connectivity index (χ0n) is 14.3. The minimum atomic E-state index is -0.277. The highest BCUT2D eigenvalue weighted by Crippen LogP contribution is 2.29. The predicted octanol–water partition coefficient (Wildman–Crippen LogP) is 3.19. The number of urea groups is 1. The van der Waals surface area contributed by atoms with E-state index in [1.807, 2.05) is 19.5 Å². The molecule has 2 aromatic rings. The Kier molecular flexibility index (Phi) is 6.45. The Morgan fingerprint density at radius 3 is 2.62 bits per heavy atom. The van der Waals surface area contributed by atoms with Gasteiger partial charge in [0.1, 0.15) is 11.5 Å². The lowest BCUT2D eigenvalue weighted by Gasteiger charge is -2.24. The van der Waals surface area contributed by atoms with Crippen molar-refractivity contribution in [2.45, 2.75) is 6.04 Å². The normalized spacial score (nSPS) is 11.9. The molecular weight excluding hydrogens is 326 g/mol. The van der Waals surface area contributed by atoms with Crippen molar-refractivity contribution in [1.29, 1.82) is 0 Å². The van der Waals surface area contributed by atoms with Crippen molar-refractivity contribution in [1.82, 2.24) is 10.2 Å². The summed E-state index contributed by atoms with van der Waals surface area (Å²) >= 11 is 1.65. The van der Waals surface area contributed by atoms with Gasteiger partial charge in [0, 0.05) is 12.6 Å². The molecule has 1 atom stereocenters. The van der Waals surface area contributed by atoms with Gasteiger partial charge in [-0.2, -0.15) is 11.3 Å². The highest BCUT2D eigenvalue weighted by atomic mass is 32.1. The standard InChI is InChI=1S/C17H23N3O3S/c1-20(2)15(12-7-8-24-11-12)10-18-17(21)19-14-6-5-13(22-3)9-16(14)23-4/h5-9,11,15H,10H2,1-4H3,(H2,18,19,21)/t15-/m0/s1. The van der Waals surface area contributed by atoms with Crippen LogP contribution in [0.1, 0.15) is 11.6 Å². The van der Waals surface area contributed by atoms with Crippen LogP contribution in [0.3, 0.4) is 0 Å². The third-order valence-corrected chi connectivity index (χ3v) is 4.37. The fourth-order valence-electron chi connectivity index (χ4n) is 2.32. The molecule has 2 rings (SSSR count). The first kappa shape index (κ1) is 18.1. The van der Waals surface area contributed by atoms with Gasteiger partial charge in [-0.1, -0.05) is 0 Å². The third kappa shape index (κ3) is 4.62. The molecular formula is C17H23N3O3S. The number of hydrogen-bond donors (Lipinski definition) is 2. The quantitative estimate of drug-likeness (QED) is 0.806. The molecule has 0 aliphatic rings. The molecule has 1 heterocycles.